The lowest BCUT2D eigenvalue weighted by Gasteiger charge is -2.09. The van der Waals surface area contributed by atoms with Crippen LogP contribution < -0.4 is 10.5 Å². The fourth-order valence-electron chi connectivity index (χ4n) is 2.42. The maximum Gasteiger partial charge on any atom is 0.119 e. The molecule has 0 spiro atoms. The molecule has 128 valence electrons. The van der Waals surface area contributed by atoms with E-state index < -0.39 is 0 Å². The van der Waals surface area contributed by atoms with Crippen LogP contribution in [-0.2, 0) is 11.3 Å². The van der Waals surface area contributed by atoms with E-state index in [2.05, 4.69) is 32.0 Å². The van der Waals surface area contributed by atoms with Crippen LogP contribution in [0.3, 0.4) is 0 Å². The third-order valence-corrected chi connectivity index (χ3v) is 3.91. The summed E-state index contributed by atoms with van der Waals surface area (Å²) in [7, 11) is 0. The highest BCUT2D eigenvalue weighted by atomic mass is 16.5. The molecule has 0 fully saturated rings. The quantitative estimate of drug-likeness (QED) is 0.721. The molecule has 0 aliphatic rings. The summed E-state index contributed by atoms with van der Waals surface area (Å²) in [6, 6.07) is 14.5. The molecule has 0 aliphatic heterocycles. The lowest BCUT2D eigenvalue weighted by molar-refractivity contribution is 0.223. The Kier molecular flexibility index (Phi) is 6.89. The third-order valence-electron chi connectivity index (χ3n) is 3.91. The lowest BCUT2D eigenvalue weighted by atomic mass is 10.1. The van der Waals surface area contributed by atoms with E-state index in [0.29, 0.717) is 19.8 Å². The zero-order valence-electron chi connectivity index (χ0n) is 14.8. The Labute approximate surface area is 145 Å². The average Bonchev–Trinajstić information content (AvgIpc) is 2.58. The van der Waals surface area contributed by atoms with E-state index in [1.165, 1.54) is 16.7 Å². The SMILES string of the molecule is CCOC(=Cc1ccc(OCc2ccc(C)c(C)c2)cc1)CCN. The topological polar surface area (TPSA) is 44.5 Å². The number of aryl methyl sites for hydroxylation is 2. The Morgan fingerprint density at radius 1 is 1.04 bits per heavy atom. The molecule has 0 bridgehead atoms. The number of hydrogen-bond donors (Lipinski definition) is 1. The molecular formula is C21H27NO2. The van der Waals surface area contributed by atoms with Crippen molar-refractivity contribution in [3.05, 3.63) is 70.5 Å². The molecule has 0 aromatic heterocycles. The van der Waals surface area contributed by atoms with E-state index >= 15 is 0 Å². The summed E-state index contributed by atoms with van der Waals surface area (Å²) in [4.78, 5) is 0. The summed E-state index contributed by atoms with van der Waals surface area (Å²) in [5.41, 5.74) is 10.5. The van der Waals surface area contributed by atoms with E-state index in [1.54, 1.807) is 0 Å². The van der Waals surface area contributed by atoms with Crippen LogP contribution in [0.15, 0.2) is 48.2 Å². The minimum atomic E-state index is 0.577. The normalized spacial score (nSPS) is 11.4. The van der Waals surface area contributed by atoms with Crippen molar-refractivity contribution in [2.45, 2.75) is 33.8 Å². The summed E-state index contributed by atoms with van der Waals surface area (Å²) in [5.74, 6) is 1.78. The zero-order chi connectivity index (χ0) is 17.4. The van der Waals surface area contributed by atoms with Gasteiger partial charge in [0.15, 0.2) is 0 Å². The van der Waals surface area contributed by atoms with Crippen molar-refractivity contribution in [2.24, 2.45) is 5.73 Å². The third kappa shape index (κ3) is 5.43. The molecule has 0 aliphatic carbocycles. The van der Waals surface area contributed by atoms with Gasteiger partial charge in [0.1, 0.15) is 12.4 Å². The van der Waals surface area contributed by atoms with Gasteiger partial charge in [-0.05, 0) is 67.8 Å². The molecule has 2 N–H and O–H groups in total. The van der Waals surface area contributed by atoms with Crippen LogP contribution in [0, 0.1) is 13.8 Å². The summed E-state index contributed by atoms with van der Waals surface area (Å²) in [6.07, 6.45) is 2.78. The van der Waals surface area contributed by atoms with Crippen LogP contribution in [-0.4, -0.2) is 13.2 Å². The van der Waals surface area contributed by atoms with Gasteiger partial charge in [-0.25, -0.2) is 0 Å². The Hall–Kier alpha value is -2.26. The van der Waals surface area contributed by atoms with Crippen LogP contribution in [0.25, 0.3) is 6.08 Å². The molecule has 2 rings (SSSR count). The second-order valence-corrected chi connectivity index (χ2v) is 5.86. The highest BCUT2D eigenvalue weighted by Crippen LogP contribution is 2.18. The predicted molar refractivity (Wildman–Crippen MR) is 100.0 cm³/mol. The standard InChI is InChI=1S/C21H27NO2/c1-4-23-21(11-12-22)14-18-7-9-20(10-8-18)24-15-19-6-5-16(2)17(3)13-19/h5-10,13-14H,4,11-12,15,22H2,1-3H3. The maximum atomic E-state index is 5.87. The van der Waals surface area contributed by atoms with Crippen molar-refractivity contribution in [3.8, 4) is 5.75 Å². The summed E-state index contributed by atoms with van der Waals surface area (Å²) in [5, 5.41) is 0. The van der Waals surface area contributed by atoms with Gasteiger partial charge >= 0.3 is 0 Å². The average molecular weight is 325 g/mol. The number of rotatable bonds is 8. The zero-order valence-corrected chi connectivity index (χ0v) is 14.8. The van der Waals surface area contributed by atoms with Gasteiger partial charge in [0, 0.05) is 6.42 Å². The molecular weight excluding hydrogens is 298 g/mol. The van der Waals surface area contributed by atoms with Crippen molar-refractivity contribution in [1.29, 1.82) is 0 Å². The molecule has 24 heavy (non-hydrogen) atoms. The smallest absolute Gasteiger partial charge is 0.119 e. The first kappa shape index (κ1) is 18.1. The van der Waals surface area contributed by atoms with Crippen LogP contribution >= 0.6 is 0 Å². The highest BCUT2D eigenvalue weighted by Gasteiger charge is 2.01. The van der Waals surface area contributed by atoms with Crippen molar-refractivity contribution >= 4 is 6.08 Å². The Bertz CT molecular complexity index is 667. The van der Waals surface area contributed by atoms with E-state index in [-0.39, 0.29) is 0 Å². The largest absolute Gasteiger partial charge is 0.498 e. The Balaban J connectivity index is 1.98. The van der Waals surface area contributed by atoms with Crippen LogP contribution in [0.2, 0.25) is 0 Å². The Morgan fingerprint density at radius 3 is 2.42 bits per heavy atom. The van der Waals surface area contributed by atoms with Crippen LogP contribution in [0.4, 0.5) is 0 Å². The van der Waals surface area contributed by atoms with E-state index in [9.17, 15) is 0 Å². The molecule has 0 radical (unpaired) electrons. The number of ether oxygens (including phenoxy) is 2. The molecule has 3 heteroatoms. The number of nitrogens with two attached hydrogens (primary N) is 1. The molecule has 0 amide bonds. The fraction of sp³-hybridized carbons (Fsp3) is 0.333. The first-order valence-corrected chi connectivity index (χ1v) is 8.44. The van der Waals surface area contributed by atoms with Crippen molar-refractivity contribution in [1.82, 2.24) is 0 Å². The molecule has 0 saturated heterocycles. The first-order chi connectivity index (χ1) is 11.6. The lowest BCUT2D eigenvalue weighted by Crippen LogP contribution is -2.02. The van der Waals surface area contributed by atoms with Gasteiger partial charge < -0.3 is 15.2 Å². The molecule has 0 saturated carbocycles. The monoisotopic (exact) mass is 325 g/mol. The van der Waals surface area contributed by atoms with Gasteiger partial charge in [-0.15, -0.1) is 0 Å². The highest BCUT2D eigenvalue weighted by molar-refractivity contribution is 5.52. The van der Waals surface area contributed by atoms with Gasteiger partial charge in [0.25, 0.3) is 0 Å². The summed E-state index contributed by atoms with van der Waals surface area (Å²) < 4.78 is 11.5. The molecule has 0 heterocycles. The first-order valence-electron chi connectivity index (χ1n) is 8.44. The Morgan fingerprint density at radius 2 is 1.79 bits per heavy atom. The maximum absolute atomic E-state index is 5.87. The van der Waals surface area contributed by atoms with Crippen molar-refractivity contribution in [2.75, 3.05) is 13.2 Å². The van der Waals surface area contributed by atoms with Gasteiger partial charge in [-0.2, -0.15) is 0 Å². The van der Waals surface area contributed by atoms with E-state index in [0.717, 1.165) is 23.5 Å². The molecule has 2 aromatic rings. The molecule has 0 unspecified atom stereocenters. The second kappa shape index (κ2) is 9.14. The van der Waals surface area contributed by atoms with E-state index in [1.807, 2.05) is 37.3 Å². The molecule has 2 aromatic carbocycles. The molecule has 0 atom stereocenters. The van der Waals surface area contributed by atoms with Crippen LogP contribution in [0.1, 0.15) is 35.6 Å². The second-order valence-electron chi connectivity index (χ2n) is 5.86. The fourth-order valence-corrected chi connectivity index (χ4v) is 2.42. The predicted octanol–water partition coefficient (Wildman–Crippen LogP) is 4.61. The van der Waals surface area contributed by atoms with Crippen molar-refractivity contribution in [3.63, 3.8) is 0 Å². The minimum Gasteiger partial charge on any atom is -0.498 e. The molecule has 3 nitrogen and oxygen atoms in total. The van der Waals surface area contributed by atoms with Gasteiger partial charge in [-0.1, -0.05) is 30.3 Å². The summed E-state index contributed by atoms with van der Waals surface area (Å²) >= 11 is 0. The van der Waals surface area contributed by atoms with E-state index in [4.69, 9.17) is 15.2 Å². The van der Waals surface area contributed by atoms with Crippen LogP contribution in [0.5, 0.6) is 5.75 Å². The van der Waals surface area contributed by atoms with Gasteiger partial charge in [0.05, 0.1) is 12.4 Å². The minimum absolute atomic E-state index is 0.577. The number of hydrogen-bond acceptors (Lipinski definition) is 3. The van der Waals surface area contributed by atoms with Gasteiger partial charge in [-0.3, -0.25) is 0 Å². The van der Waals surface area contributed by atoms with Crippen molar-refractivity contribution < 1.29 is 9.47 Å². The number of benzene rings is 2. The summed E-state index contributed by atoms with van der Waals surface area (Å²) in [6.45, 7) is 8.04. The van der Waals surface area contributed by atoms with Gasteiger partial charge in [0.2, 0.25) is 0 Å².